The predicted octanol–water partition coefficient (Wildman–Crippen LogP) is 10.5. The van der Waals surface area contributed by atoms with Gasteiger partial charge in [0.2, 0.25) is 0 Å². The van der Waals surface area contributed by atoms with E-state index >= 15 is 0 Å². The summed E-state index contributed by atoms with van der Waals surface area (Å²) in [5.41, 5.74) is 16.4. The second kappa shape index (κ2) is 12.7. The number of benzene rings is 4. The molecule has 0 aliphatic rings. The van der Waals surface area contributed by atoms with Crippen molar-refractivity contribution in [3.8, 4) is 23.0 Å². The molecule has 0 fully saturated rings. The van der Waals surface area contributed by atoms with Gasteiger partial charge in [0.15, 0.2) is 0 Å². The van der Waals surface area contributed by atoms with E-state index in [1.807, 2.05) is 79.7 Å². The Kier molecular flexibility index (Phi) is 10.1. The highest BCUT2D eigenvalue weighted by Gasteiger charge is 2.33. The Balaban J connectivity index is 0.000000254. The van der Waals surface area contributed by atoms with Crippen LogP contribution in [-0.2, 0) is 10.8 Å². The summed E-state index contributed by atoms with van der Waals surface area (Å²) in [6.45, 7) is 32.9. The number of phenolic OH excluding ortho intramolecular Hbond substituents is 4. The Morgan fingerprint density at radius 3 is 0.761 bits per heavy atom. The first-order valence-electron chi connectivity index (χ1n) is 16.2. The molecule has 0 aliphatic heterocycles. The maximum absolute atomic E-state index is 10.4. The van der Waals surface area contributed by atoms with Gasteiger partial charge in [0, 0.05) is 10.8 Å². The molecule has 0 atom stereocenters. The molecule has 0 heterocycles. The Labute approximate surface area is 277 Å². The molecule has 0 amide bonds. The molecule has 4 heteroatoms. The van der Waals surface area contributed by atoms with Crippen molar-refractivity contribution in [1.29, 1.82) is 0 Å². The maximum Gasteiger partial charge on any atom is 0.121 e. The van der Waals surface area contributed by atoms with Crippen LogP contribution >= 0.6 is 0 Å². The molecule has 0 unspecified atom stereocenters. The first-order chi connectivity index (χ1) is 21.0. The van der Waals surface area contributed by atoms with E-state index in [2.05, 4.69) is 55.4 Å². The third kappa shape index (κ3) is 6.11. The van der Waals surface area contributed by atoms with Gasteiger partial charge in [0.25, 0.3) is 0 Å². The van der Waals surface area contributed by atoms with Crippen LogP contribution in [0.25, 0.3) is 0 Å². The first-order valence-corrected chi connectivity index (χ1v) is 16.2. The smallest absolute Gasteiger partial charge is 0.121 e. The molecule has 0 spiro atoms. The monoisotopic (exact) mass is 624 g/mol. The number of rotatable bonds is 4. The van der Waals surface area contributed by atoms with Crippen LogP contribution in [0.2, 0.25) is 0 Å². The number of phenols is 4. The second-order valence-corrected chi connectivity index (χ2v) is 14.6. The van der Waals surface area contributed by atoms with Crippen molar-refractivity contribution in [3.63, 3.8) is 0 Å². The number of hydrogen-bond acceptors (Lipinski definition) is 4. The molecular weight excluding hydrogens is 568 g/mol. The van der Waals surface area contributed by atoms with Gasteiger partial charge in [0.1, 0.15) is 23.0 Å². The molecule has 0 aliphatic carbocycles. The van der Waals surface area contributed by atoms with E-state index in [1.165, 1.54) is 22.3 Å². The standard InChI is InChI=1S/C23H32O2.C19H24O2/c1-11-15(5)21(24)16(6)12(2)19(11)23(9,10)20-13(3)17(7)22(25)18(8)14(20)4;1-11-7-15(8-12(2)17(11)20)19(5,6)16-9-13(3)18(21)14(4)10-16/h24-25H,1-10H3;7-10,20-21H,1-6H3. The fourth-order valence-electron chi connectivity index (χ4n) is 7.39. The van der Waals surface area contributed by atoms with E-state index in [4.69, 9.17) is 0 Å². The molecule has 4 aromatic rings. The van der Waals surface area contributed by atoms with Gasteiger partial charge in [0.05, 0.1) is 0 Å². The highest BCUT2D eigenvalue weighted by Crippen LogP contribution is 2.46. The number of hydrogen-bond donors (Lipinski definition) is 4. The van der Waals surface area contributed by atoms with E-state index in [-0.39, 0.29) is 10.8 Å². The van der Waals surface area contributed by atoms with Crippen LogP contribution in [0.1, 0.15) is 117 Å². The first kappa shape index (κ1) is 36.5. The molecule has 0 bridgehead atoms. The minimum Gasteiger partial charge on any atom is -0.507 e. The van der Waals surface area contributed by atoms with Crippen molar-refractivity contribution in [2.24, 2.45) is 0 Å². The van der Waals surface area contributed by atoms with Crippen LogP contribution in [-0.4, -0.2) is 20.4 Å². The zero-order valence-electron chi connectivity index (χ0n) is 31.1. The zero-order chi connectivity index (χ0) is 35.4. The lowest BCUT2D eigenvalue weighted by Crippen LogP contribution is -2.26. The lowest BCUT2D eigenvalue weighted by Gasteiger charge is -2.35. The maximum atomic E-state index is 10.4. The molecule has 0 radical (unpaired) electrons. The number of aromatic hydroxyl groups is 4. The van der Waals surface area contributed by atoms with Crippen molar-refractivity contribution < 1.29 is 20.4 Å². The Morgan fingerprint density at radius 2 is 0.543 bits per heavy atom. The predicted molar refractivity (Wildman–Crippen MR) is 194 cm³/mol. The largest absolute Gasteiger partial charge is 0.507 e. The summed E-state index contributed by atoms with van der Waals surface area (Å²) in [6, 6.07) is 8.17. The highest BCUT2D eigenvalue weighted by atomic mass is 16.3. The quantitative estimate of drug-likeness (QED) is 0.182. The van der Waals surface area contributed by atoms with E-state index in [0.717, 1.165) is 66.8 Å². The Bertz CT molecular complexity index is 1600. The van der Waals surface area contributed by atoms with Crippen molar-refractivity contribution in [3.05, 3.63) is 113 Å². The van der Waals surface area contributed by atoms with Crippen LogP contribution in [0.5, 0.6) is 23.0 Å². The van der Waals surface area contributed by atoms with E-state index in [0.29, 0.717) is 23.0 Å². The van der Waals surface area contributed by atoms with E-state index in [9.17, 15) is 20.4 Å². The van der Waals surface area contributed by atoms with Gasteiger partial charge in [-0.05, 0) is 172 Å². The van der Waals surface area contributed by atoms with Gasteiger partial charge in [-0.2, -0.15) is 0 Å². The van der Waals surface area contributed by atoms with Gasteiger partial charge in [-0.15, -0.1) is 0 Å². The minimum atomic E-state index is -0.227. The Morgan fingerprint density at radius 1 is 0.326 bits per heavy atom. The average Bonchev–Trinajstić information content (AvgIpc) is 2.98. The average molecular weight is 625 g/mol. The summed E-state index contributed by atoms with van der Waals surface area (Å²) in [4.78, 5) is 0. The third-order valence-corrected chi connectivity index (χ3v) is 10.8. The molecule has 4 rings (SSSR count). The summed E-state index contributed by atoms with van der Waals surface area (Å²) in [6.07, 6.45) is 0. The van der Waals surface area contributed by atoms with Gasteiger partial charge in [-0.3, -0.25) is 0 Å². The molecule has 4 N–H and O–H groups in total. The summed E-state index contributed by atoms with van der Waals surface area (Å²) in [7, 11) is 0. The van der Waals surface area contributed by atoms with Crippen molar-refractivity contribution in [1.82, 2.24) is 0 Å². The van der Waals surface area contributed by atoms with Crippen molar-refractivity contribution in [2.75, 3.05) is 0 Å². The molecule has 0 aromatic heterocycles. The van der Waals surface area contributed by atoms with E-state index in [1.54, 1.807) is 0 Å². The Hall–Kier alpha value is -3.92. The fraction of sp³-hybridized carbons (Fsp3) is 0.429. The normalized spacial score (nSPS) is 11.8. The van der Waals surface area contributed by atoms with Crippen LogP contribution < -0.4 is 0 Å². The molecule has 0 saturated carbocycles. The molecule has 4 aromatic carbocycles. The summed E-state index contributed by atoms with van der Waals surface area (Å²) < 4.78 is 0. The van der Waals surface area contributed by atoms with Gasteiger partial charge >= 0.3 is 0 Å². The lowest BCUT2D eigenvalue weighted by atomic mass is 9.68. The molecule has 248 valence electrons. The van der Waals surface area contributed by atoms with Crippen LogP contribution in [0.4, 0.5) is 0 Å². The van der Waals surface area contributed by atoms with Crippen LogP contribution in [0, 0.1) is 83.1 Å². The molecular formula is C42H56O4. The van der Waals surface area contributed by atoms with Crippen LogP contribution in [0.15, 0.2) is 24.3 Å². The summed E-state index contributed by atoms with van der Waals surface area (Å²) in [5.74, 6) is 1.54. The van der Waals surface area contributed by atoms with Gasteiger partial charge in [-0.25, -0.2) is 0 Å². The van der Waals surface area contributed by atoms with Gasteiger partial charge < -0.3 is 20.4 Å². The second-order valence-electron chi connectivity index (χ2n) is 14.6. The summed E-state index contributed by atoms with van der Waals surface area (Å²) >= 11 is 0. The van der Waals surface area contributed by atoms with Crippen molar-refractivity contribution in [2.45, 2.75) is 122 Å². The van der Waals surface area contributed by atoms with Crippen molar-refractivity contribution >= 4 is 0 Å². The van der Waals surface area contributed by atoms with Crippen LogP contribution in [0.3, 0.4) is 0 Å². The van der Waals surface area contributed by atoms with E-state index < -0.39 is 0 Å². The third-order valence-electron chi connectivity index (χ3n) is 10.8. The lowest BCUT2D eigenvalue weighted by molar-refractivity contribution is 0.462. The zero-order valence-corrected chi connectivity index (χ0v) is 31.1. The molecule has 46 heavy (non-hydrogen) atoms. The topological polar surface area (TPSA) is 80.9 Å². The summed E-state index contributed by atoms with van der Waals surface area (Å²) in [5, 5.41) is 40.8. The SMILES string of the molecule is Cc1c(C)c(C(C)(C)c2c(C)c(C)c(O)c(C)c2C)c(C)c(C)c1O.Cc1cc(C(C)(C)c2cc(C)c(O)c(C)c2)cc(C)c1O. The van der Waals surface area contributed by atoms with Gasteiger partial charge in [-0.1, -0.05) is 52.0 Å². The number of aryl methyl sites for hydroxylation is 4. The molecule has 0 saturated heterocycles. The fourth-order valence-corrected chi connectivity index (χ4v) is 7.39. The molecule has 4 nitrogen and oxygen atoms in total. The minimum absolute atomic E-state index is 0.188. The highest BCUT2D eigenvalue weighted by molar-refractivity contribution is 5.63.